The van der Waals surface area contributed by atoms with Crippen molar-refractivity contribution in [3.8, 4) is 0 Å². The Bertz CT molecular complexity index is 813. The molecule has 2 unspecified atom stereocenters. The molecule has 1 heterocycles. The number of amides is 2. The molecular formula is C18H22N2O4S. The fourth-order valence-electron chi connectivity index (χ4n) is 3.25. The minimum atomic E-state index is -3.87. The summed E-state index contributed by atoms with van der Waals surface area (Å²) in [5.74, 6) is 1.13. The monoisotopic (exact) mass is 362 g/mol. The molecule has 1 aliphatic rings. The number of aryl methyl sites for hydroxylation is 1. The lowest BCUT2D eigenvalue weighted by molar-refractivity contribution is 0.237. The highest BCUT2D eigenvalue weighted by Crippen LogP contribution is 2.29. The van der Waals surface area contributed by atoms with Crippen LogP contribution in [0.15, 0.2) is 52.0 Å². The number of carbonyl (C=O) groups excluding carboxylic acids is 1. The first kappa shape index (κ1) is 17.5. The van der Waals surface area contributed by atoms with Crippen LogP contribution in [0.3, 0.4) is 0 Å². The largest absolute Gasteiger partial charge is 0.469 e. The Labute approximate surface area is 147 Å². The molecule has 1 aliphatic carbocycles. The Hall–Kier alpha value is -2.28. The van der Waals surface area contributed by atoms with Gasteiger partial charge in [0, 0.05) is 12.5 Å². The Morgan fingerprint density at radius 1 is 1.20 bits per heavy atom. The summed E-state index contributed by atoms with van der Waals surface area (Å²) in [5, 5.41) is 2.81. The van der Waals surface area contributed by atoms with Crippen molar-refractivity contribution in [2.75, 3.05) is 0 Å². The van der Waals surface area contributed by atoms with Gasteiger partial charge >= 0.3 is 6.03 Å². The standard InChI is InChI=1S/C18H22N2O4S/c1-13-7-9-16(10-8-13)25(22,23)20-18(21)19-17-6-2-4-14(17)12-15-5-3-11-24-15/h3,5,7-11,14,17H,2,4,6,12H2,1H3,(H2,19,20,21). The summed E-state index contributed by atoms with van der Waals surface area (Å²) in [6.45, 7) is 1.87. The normalized spacial score (nSPS) is 20.4. The van der Waals surface area contributed by atoms with E-state index in [9.17, 15) is 13.2 Å². The highest BCUT2D eigenvalue weighted by Gasteiger charge is 2.30. The summed E-state index contributed by atoms with van der Waals surface area (Å²) in [6, 6.07) is 9.38. The molecule has 6 nitrogen and oxygen atoms in total. The first-order valence-corrected chi connectivity index (χ1v) is 9.85. The molecule has 2 N–H and O–H groups in total. The van der Waals surface area contributed by atoms with Gasteiger partial charge in [-0.1, -0.05) is 24.1 Å². The zero-order valence-corrected chi connectivity index (χ0v) is 14.9. The summed E-state index contributed by atoms with van der Waals surface area (Å²) < 4.78 is 32.0. The van der Waals surface area contributed by atoms with Gasteiger partial charge in [-0.05, 0) is 49.9 Å². The number of sulfonamides is 1. The van der Waals surface area contributed by atoms with Gasteiger partial charge in [-0.2, -0.15) is 0 Å². The maximum Gasteiger partial charge on any atom is 0.328 e. The van der Waals surface area contributed by atoms with Crippen LogP contribution >= 0.6 is 0 Å². The second-order valence-corrected chi connectivity index (χ2v) is 8.16. The van der Waals surface area contributed by atoms with Crippen LogP contribution in [0.4, 0.5) is 4.79 Å². The molecule has 0 saturated heterocycles. The number of rotatable bonds is 5. The zero-order chi connectivity index (χ0) is 17.9. The predicted octanol–water partition coefficient (Wildman–Crippen LogP) is 2.99. The summed E-state index contributed by atoms with van der Waals surface area (Å²) in [7, 11) is -3.87. The summed E-state index contributed by atoms with van der Waals surface area (Å²) >= 11 is 0. The molecule has 2 amide bonds. The second-order valence-electron chi connectivity index (χ2n) is 6.47. The summed E-state index contributed by atoms with van der Waals surface area (Å²) in [5.41, 5.74) is 0.954. The van der Waals surface area contributed by atoms with Crippen LogP contribution in [0.5, 0.6) is 0 Å². The van der Waals surface area contributed by atoms with Gasteiger partial charge in [0.2, 0.25) is 0 Å². The van der Waals surface area contributed by atoms with Crippen LogP contribution in [0, 0.1) is 12.8 Å². The summed E-state index contributed by atoms with van der Waals surface area (Å²) in [6.07, 6.45) is 5.19. The highest BCUT2D eigenvalue weighted by molar-refractivity contribution is 7.90. The van der Waals surface area contributed by atoms with Gasteiger partial charge < -0.3 is 9.73 Å². The van der Waals surface area contributed by atoms with E-state index in [0.717, 1.165) is 37.0 Å². The van der Waals surface area contributed by atoms with Gasteiger partial charge in [-0.25, -0.2) is 17.9 Å². The fourth-order valence-corrected chi connectivity index (χ4v) is 4.17. The van der Waals surface area contributed by atoms with Gasteiger partial charge in [0.1, 0.15) is 5.76 Å². The molecule has 2 aromatic rings. The van der Waals surface area contributed by atoms with Crippen molar-refractivity contribution in [2.45, 2.75) is 43.5 Å². The molecular weight excluding hydrogens is 340 g/mol. The number of nitrogens with one attached hydrogen (secondary N) is 2. The van der Waals surface area contributed by atoms with Crippen molar-refractivity contribution in [1.82, 2.24) is 10.0 Å². The van der Waals surface area contributed by atoms with E-state index in [1.807, 2.05) is 19.1 Å². The molecule has 0 bridgehead atoms. The van der Waals surface area contributed by atoms with Gasteiger partial charge in [-0.15, -0.1) is 0 Å². The number of urea groups is 1. The Balaban J connectivity index is 1.60. The maximum absolute atomic E-state index is 12.3. The molecule has 25 heavy (non-hydrogen) atoms. The maximum atomic E-state index is 12.3. The molecule has 1 aromatic heterocycles. The Morgan fingerprint density at radius 2 is 1.96 bits per heavy atom. The SMILES string of the molecule is Cc1ccc(S(=O)(=O)NC(=O)NC2CCCC2Cc2ccco2)cc1. The van der Waals surface area contributed by atoms with Crippen LogP contribution in [-0.4, -0.2) is 20.5 Å². The molecule has 7 heteroatoms. The topological polar surface area (TPSA) is 88.4 Å². The fraction of sp³-hybridized carbons (Fsp3) is 0.389. The molecule has 1 aromatic carbocycles. The lowest BCUT2D eigenvalue weighted by atomic mass is 9.98. The second kappa shape index (κ2) is 7.31. The molecule has 0 aliphatic heterocycles. The van der Waals surface area contributed by atoms with Crippen molar-refractivity contribution in [3.63, 3.8) is 0 Å². The number of hydrogen-bond donors (Lipinski definition) is 2. The van der Waals surface area contributed by atoms with Gasteiger partial charge in [0.15, 0.2) is 0 Å². The number of benzene rings is 1. The number of hydrogen-bond acceptors (Lipinski definition) is 4. The molecule has 134 valence electrons. The lowest BCUT2D eigenvalue weighted by Gasteiger charge is -2.20. The van der Waals surface area contributed by atoms with Crippen molar-refractivity contribution >= 4 is 16.1 Å². The molecule has 0 radical (unpaired) electrons. The number of furan rings is 1. The van der Waals surface area contributed by atoms with Crippen LogP contribution in [-0.2, 0) is 16.4 Å². The Morgan fingerprint density at radius 3 is 2.64 bits per heavy atom. The highest BCUT2D eigenvalue weighted by atomic mass is 32.2. The average Bonchev–Trinajstić information content (AvgIpc) is 3.20. The van der Waals surface area contributed by atoms with Crippen LogP contribution in [0.25, 0.3) is 0 Å². The van der Waals surface area contributed by atoms with Gasteiger partial charge in [0.05, 0.1) is 11.2 Å². The van der Waals surface area contributed by atoms with Crippen molar-refractivity contribution < 1.29 is 17.6 Å². The van der Waals surface area contributed by atoms with E-state index in [4.69, 9.17) is 4.42 Å². The minimum Gasteiger partial charge on any atom is -0.469 e. The summed E-state index contributed by atoms with van der Waals surface area (Å²) in [4.78, 5) is 12.3. The van der Waals surface area contributed by atoms with Crippen LogP contribution < -0.4 is 10.0 Å². The average molecular weight is 362 g/mol. The van der Waals surface area contributed by atoms with E-state index < -0.39 is 16.1 Å². The quantitative estimate of drug-likeness (QED) is 0.856. The molecule has 1 saturated carbocycles. The van der Waals surface area contributed by atoms with E-state index in [0.29, 0.717) is 0 Å². The number of carbonyl (C=O) groups is 1. The third-order valence-electron chi connectivity index (χ3n) is 4.58. The van der Waals surface area contributed by atoms with Crippen molar-refractivity contribution in [1.29, 1.82) is 0 Å². The first-order valence-electron chi connectivity index (χ1n) is 8.36. The lowest BCUT2D eigenvalue weighted by Crippen LogP contribution is -2.46. The third-order valence-corrected chi connectivity index (χ3v) is 5.92. The van der Waals surface area contributed by atoms with E-state index in [-0.39, 0.29) is 16.9 Å². The van der Waals surface area contributed by atoms with Crippen LogP contribution in [0.1, 0.15) is 30.6 Å². The van der Waals surface area contributed by atoms with Crippen molar-refractivity contribution in [2.24, 2.45) is 5.92 Å². The zero-order valence-electron chi connectivity index (χ0n) is 14.1. The molecule has 3 rings (SSSR count). The van der Waals surface area contributed by atoms with Crippen LogP contribution in [0.2, 0.25) is 0 Å². The molecule has 0 spiro atoms. The van der Waals surface area contributed by atoms with Crippen molar-refractivity contribution in [3.05, 3.63) is 54.0 Å². The van der Waals surface area contributed by atoms with E-state index in [1.54, 1.807) is 18.4 Å². The van der Waals surface area contributed by atoms with E-state index in [1.165, 1.54) is 12.1 Å². The molecule has 1 fully saturated rings. The van der Waals surface area contributed by atoms with Gasteiger partial charge in [0.25, 0.3) is 10.0 Å². The predicted molar refractivity (Wildman–Crippen MR) is 93.6 cm³/mol. The molecule has 2 atom stereocenters. The third kappa shape index (κ3) is 4.42. The van der Waals surface area contributed by atoms with E-state index >= 15 is 0 Å². The van der Waals surface area contributed by atoms with E-state index in [2.05, 4.69) is 10.0 Å². The Kier molecular flexibility index (Phi) is 5.13. The minimum absolute atomic E-state index is 0.0571. The van der Waals surface area contributed by atoms with Gasteiger partial charge in [-0.3, -0.25) is 0 Å². The smallest absolute Gasteiger partial charge is 0.328 e. The first-order chi connectivity index (χ1) is 11.9.